The third-order valence-corrected chi connectivity index (χ3v) is 3.88. The number of rotatable bonds is 6. The summed E-state index contributed by atoms with van der Waals surface area (Å²) < 4.78 is 11.0. The fraction of sp³-hybridized carbons (Fsp3) is 0.250. The summed E-state index contributed by atoms with van der Waals surface area (Å²) in [4.78, 5) is 12.2. The molecule has 2 rings (SSSR count). The average Bonchev–Trinajstić information content (AvgIpc) is 3.08. The Hall–Kier alpha value is -2.52. The molecular weight excluding hydrogens is 300 g/mol. The van der Waals surface area contributed by atoms with Crippen LogP contribution in [0.1, 0.15) is 23.0 Å². The minimum Gasteiger partial charge on any atom is -0.485 e. The molecule has 0 aliphatic carbocycles. The van der Waals surface area contributed by atoms with Crippen LogP contribution in [-0.2, 0) is 4.74 Å². The highest BCUT2D eigenvalue weighted by Gasteiger charge is 2.16. The SMILES string of the molecule is CNC(=O)OCCC(Oc1cccc(C#N)c1)c1cccs1. The van der Waals surface area contributed by atoms with Gasteiger partial charge in [0.2, 0.25) is 0 Å². The summed E-state index contributed by atoms with van der Waals surface area (Å²) in [6.45, 7) is 0.250. The second kappa shape index (κ2) is 8.05. The number of nitrogens with zero attached hydrogens (tertiary/aromatic N) is 1. The van der Waals surface area contributed by atoms with Crippen molar-refractivity contribution in [1.82, 2.24) is 5.32 Å². The van der Waals surface area contributed by atoms with Crippen molar-refractivity contribution in [3.8, 4) is 11.8 Å². The lowest BCUT2D eigenvalue weighted by molar-refractivity contribution is 0.118. The predicted octanol–water partition coefficient (Wildman–Crippen LogP) is 3.49. The molecule has 1 amide bonds. The van der Waals surface area contributed by atoms with Gasteiger partial charge in [-0.25, -0.2) is 4.79 Å². The Labute approximate surface area is 133 Å². The Balaban J connectivity index is 2.05. The van der Waals surface area contributed by atoms with Crippen molar-refractivity contribution >= 4 is 17.4 Å². The zero-order chi connectivity index (χ0) is 15.8. The molecule has 1 unspecified atom stereocenters. The molecule has 0 saturated carbocycles. The molecule has 22 heavy (non-hydrogen) atoms. The lowest BCUT2D eigenvalue weighted by Gasteiger charge is -2.18. The summed E-state index contributed by atoms with van der Waals surface area (Å²) in [7, 11) is 1.52. The number of hydrogen-bond donors (Lipinski definition) is 1. The number of carbonyl (C=O) groups is 1. The number of ether oxygens (including phenoxy) is 2. The highest BCUT2D eigenvalue weighted by Crippen LogP contribution is 2.28. The Morgan fingerprint density at radius 3 is 2.95 bits per heavy atom. The molecule has 1 aromatic heterocycles. The Bertz CT molecular complexity index is 650. The monoisotopic (exact) mass is 316 g/mol. The van der Waals surface area contributed by atoms with Crippen molar-refractivity contribution in [3.63, 3.8) is 0 Å². The second-order valence-electron chi connectivity index (χ2n) is 4.44. The van der Waals surface area contributed by atoms with Crippen LogP contribution in [-0.4, -0.2) is 19.7 Å². The first-order valence-corrected chi connectivity index (χ1v) is 7.65. The van der Waals surface area contributed by atoms with E-state index in [2.05, 4.69) is 11.4 Å². The van der Waals surface area contributed by atoms with Gasteiger partial charge in [-0.05, 0) is 29.6 Å². The summed E-state index contributed by atoms with van der Waals surface area (Å²) in [5, 5.41) is 13.3. The Kier molecular flexibility index (Phi) is 5.81. The van der Waals surface area contributed by atoms with Crippen molar-refractivity contribution in [2.75, 3.05) is 13.7 Å². The number of hydrogen-bond acceptors (Lipinski definition) is 5. The van der Waals surface area contributed by atoms with E-state index in [0.717, 1.165) is 4.88 Å². The van der Waals surface area contributed by atoms with Gasteiger partial charge in [-0.1, -0.05) is 12.1 Å². The summed E-state index contributed by atoms with van der Waals surface area (Å²) in [5.41, 5.74) is 0.545. The van der Waals surface area contributed by atoms with E-state index in [0.29, 0.717) is 17.7 Å². The molecule has 1 N–H and O–H groups in total. The number of thiophene rings is 1. The van der Waals surface area contributed by atoms with Crippen LogP contribution in [0.5, 0.6) is 5.75 Å². The number of carbonyl (C=O) groups excluding carboxylic acids is 1. The van der Waals surface area contributed by atoms with Crippen LogP contribution in [0.25, 0.3) is 0 Å². The maximum atomic E-state index is 11.1. The van der Waals surface area contributed by atoms with E-state index in [9.17, 15) is 4.79 Å². The van der Waals surface area contributed by atoms with Gasteiger partial charge in [0.25, 0.3) is 0 Å². The summed E-state index contributed by atoms with van der Waals surface area (Å²) in [6, 6.07) is 13.0. The van der Waals surface area contributed by atoms with Crippen LogP contribution in [0.2, 0.25) is 0 Å². The lowest BCUT2D eigenvalue weighted by atomic mass is 10.2. The summed E-state index contributed by atoms with van der Waals surface area (Å²) >= 11 is 1.58. The number of benzene rings is 1. The number of nitriles is 1. The minimum absolute atomic E-state index is 0.224. The Morgan fingerprint density at radius 2 is 2.27 bits per heavy atom. The molecule has 0 aliphatic heterocycles. The standard InChI is InChI=1S/C16H16N2O3S/c1-18-16(19)20-8-7-14(15-6-3-9-22-15)21-13-5-2-4-12(10-13)11-17/h2-6,9-10,14H,7-8H2,1H3,(H,18,19). The molecule has 0 radical (unpaired) electrons. The van der Waals surface area contributed by atoms with Gasteiger partial charge in [0.05, 0.1) is 18.2 Å². The van der Waals surface area contributed by atoms with Crippen LogP contribution in [0, 0.1) is 11.3 Å². The maximum Gasteiger partial charge on any atom is 0.406 e. The van der Waals surface area contributed by atoms with Gasteiger partial charge >= 0.3 is 6.09 Å². The molecule has 0 saturated heterocycles. The predicted molar refractivity (Wildman–Crippen MR) is 83.9 cm³/mol. The molecule has 1 aromatic carbocycles. The van der Waals surface area contributed by atoms with Gasteiger partial charge in [-0.3, -0.25) is 0 Å². The molecule has 1 heterocycles. The van der Waals surface area contributed by atoms with Crippen molar-refractivity contribution in [2.45, 2.75) is 12.5 Å². The van der Waals surface area contributed by atoms with E-state index in [1.165, 1.54) is 7.05 Å². The van der Waals surface area contributed by atoms with Crippen molar-refractivity contribution in [3.05, 3.63) is 52.2 Å². The third-order valence-electron chi connectivity index (χ3n) is 2.92. The van der Waals surface area contributed by atoms with Gasteiger partial charge in [0.15, 0.2) is 0 Å². The second-order valence-corrected chi connectivity index (χ2v) is 5.42. The van der Waals surface area contributed by atoms with Gasteiger partial charge in [-0.2, -0.15) is 5.26 Å². The summed E-state index contributed by atoms with van der Waals surface area (Å²) in [5.74, 6) is 0.623. The van der Waals surface area contributed by atoms with Crippen LogP contribution in [0.15, 0.2) is 41.8 Å². The van der Waals surface area contributed by atoms with E-state index in [-0.39, 0.29) is 12.7 Å². The Morgan fingerprint density at radius 1 is 1.41 bits per heavy atom. The zero-order valence-electron chi connectivity index (χ0n) is 12.1. The average molecular weight is 316 g/mol. The molecule has 2 aromatic rings. The highest BCUT2D eigenvalue weighted by atomic mass is 32.1. The van der Waals surface area contributed by atoms with Crippen molar-refractivity contribution in [2.24, 2.45) is 0 Å². The zero-order valence-corrected chi connectivity index (χ0v) is 12.9. The molecule has 1 atom stereocenters. The first kappa shape index (κ1) is 15.9. The van der Waals surface area contributed by atoms with E-state index >= 15 is 0 Å². The molecule has 6 heteroatoms. The van der Waals surface area contributed by atoms with Gasteiger partial charge in [0, 0.05) is 18.3 Å². The highest BCUT2D eigenvalue weighted by molar-refractivity contribution is 7.10. The third kappa shape index (κ3) is 4.50. The molecule has 114 valence electrons. The number of nitrogens with one attached hydrogen (secondary N) is 1. The molecule has 0 fully saturated rings. The fourth-order valence-electron chi connectivity index (χ4n) is 1.87. The van der Waals surface area contributed by atoms with E-state index in [1.54, 1.807) is 35.6 Å². The molecule has 0 spiro atoms. The first-order valence-electron chi connectivity index (χ1n) is 6.77. The largest absolute Gasteiger partial charge is 0.485 e. The van der Waals surface area contributed by atoms with E-state index < -0.39 is 6.09 Å². The molecule has 5 nitrogen and oxygen atoms in total. The molecular formula is C16H16N2O3S. The minimum atomic E-state index is -0.462. The van der Waals surface area contributed by atoms with Crippen LogP contribution in [0.3, 0.4) is 0 Å². The maximum absolute atomic E-state index is 11.1. The normalized spacial score (nSPS) is 11.3. The molecule has 0 bridgehead atoms. The number of alkyl carbamates (subject to hydrolysis) is 1. The smallest absolute Gasteiger partial charge is 0.406 e. The summed E-state index contributed by atoms with van der Waals surface area (Å²) in [6.07, 6.45) is -0.153. The van der Waals surface area contributed by atoms with Gasteiger partial charge in [-0.15, -0.1) is 11.3 Å². The van der Waals surface area contributed by atoms with Crippen LogP contribution in [0.4, 0.5) is 4.79 Å². The van der Waals surface area contributed by atoms with E-state index in [1.807, 2.05) is 17.5 Å². The van der Waals surface area contributed by atoms with Gasteiger partial charge in [0.1, 0.15) is 11.9 Å². The topological polar surface area (TPSA) is 71.3 Å². The van der Waals surface area contributed by atoms with Crippen molar-refractivity contribution in [1.29, 1.82) is 5.26 Å². The number of amides is 1. The van der Waals surface area contributed by atoms with Crippen molar-refractivity contribution < 1.29 is 14.3 Å². The lowest BCUT2D eigenvalue weighted by Crippen LogP contribution is -2.21. The van der Waals surface area contributed by atoms with Gasteiger partial charge < -0.3 is 14.8 Å². The van der Waals surface area contributed by atoms with Crippen LogP contribution < -0.4 is 10.1 Å². The van der Waals surface area contributed by atoms with E-state index in [4.69, 9.17) is 14.7 Å². The fourth-order valence-corrected chi connectivity index (χ4v) is 2.66. The van der Waals surface area contributed by atoms with Crippen LogP contribution >= 0.6 is 11.3 Å². The quantitative estimate of drug-likeness (QED) is 0.885. The molecule has 0 aliphatic rings. The first-order chi connectivity index (χ1) is 10.7.